The summed E-state index contributed by atoms with van der Waals surface area (Å²) in [4.78, 5) is 2.83. The average Bonchev–Trinajstić information content (AvgIpc) is 2.94. The van der Waals surface area contributed by atoms with Gasteiger partial charge in [0.1, 0.15) is 0 Å². The van der Waals surface area contributed by atoms with Crippen molar-refractivity contribution >= 4 is 11.8 Å². The molecule has 0 radical (unpaired) electrons. The molecule has 3 aliphatic rings. The van der Waals surface area contributed by atoms with Crippen LogP contribution in [0.1, 0.15) is 46.0 Å². The number of hydrogen-bond donors (Lipinski definition) is 1. The van der Waals surface area contributed by atoms with Crippen LogP contribution in [0.25, 0.3) is 0 Å². The molecule has 4 heteroatoms. The minimum absolute atomic E-state index is 0.221. The Morgan fingerprint density at radius 3 is 2.95 bits per heavy atom. The molecule has 0 bridgehead atoms. The minimum Gasteiger partial charge on any atom is -0.374 e. The van der Waals surface area contributed by atoms with E-state index in [1.54, 1.807) is 0 Å². The van der Waals surface area contributed by atoms with Gasteiger partial charge in [0.25, 0.3) is 0 Å². The summed E-state index contributed by atoms with van der Waals surface area (Å²) in [5.74, 6) is 2.52. The molecule has 116 valence electrons. The van der Waals surface area contributed by atoms with E-state index in [1.807, 2.05) is 0 Å². The Hall–Kier alpha value is 0.230. The average molecular weight is 298 g/mol. The van der Waals surface area contributed by atoms with Gasteiger partial charge in [0.2, 0.25) is 0 Å². The maximum atomic E-state index is 6.21. The van der Waals surface area contributed by atoms with Crippen molar-refractivity contribution in [1.29, 1.82) is 0 Å². The summed E-state index contributed by atoms with van der Waals surface area (Å²) < 4.78 is 6.21. The van der Waals surface area contributed by atoms with E-state index in [-0.39, 0.29) is 5.60 Å². The number of thioether (sulfide) groups is 1. The lowest BCUT2D eigenvalue weighted by Gasteiger charge is -2.49. The normalized spacial score (nSPS) is 43.2. The van der Waals surface area contributed by atoms with Crippen molar-refractivity contribution in [3.63, 3.8) is 0 Å². The first-order valence-electron chi connectivity index (χ1n) is 8.47. The molecule has 3 fully saturated rings. The van der Waals surface area contributed by atoms with Crippen molar-refractivity contribution in [2.24, 2.45) is 0 Å². The molecule has 4 atom stereocenters. The predicted octanol–water partition coefficient (Wildman–Crippen LogP) is 2.50. The Morgan fingerprint density at radius 2 is 2.25 bits per heavy atom. The number of hydrogen-bond acceptors (Lipinski definition) is 4. The van der Waals surface area contributed by atoms with Crippen LogP contribution in [0.4, 0.5) is 0 Å². The van der Waals surface area contributed by atoms with Crippen LogP contribution in [0.3, 0.4) is 0 Å². The Labute approximate surface area is 128 Å². The molecule has 0 aliphatic carbocycles. The second-order valence-electron chi connectivity index (χ2n) is 6.75. The third-order valence-electron chi connectivity index (χ3n) is 5.51. The standard InChI is InChI=1S/C16H30N2OS/c1-3-13-11-18(14(4-2)10-17-13)15-5-7-19-16(9-15)6-8-20-12-16/h13-15,17H,3-12H2,1-2H3. The number of ether oxygens (including phenoxy) is 1. The molecule has 20 heavy (non-hydrogen) atoms. The highest BCUT2D eigenvalue weighted by atomic mass is 32.2. The molecule has 3 saturated heterocycles. The first kappa shape index (κ1) is 15.1. The number of nitrogens with zero attached hydrogens (tertiary/aromatic N) is 1. The number of piperazine rings is 1. The van der Waals surface area contributed by atoms with Gasteiger partial charge >= 0.3 is 0 Å². The van der Waals surface area contributed by atoms with Crippen LogP contribution >= 0.6 is 11.8 Å². The maximum Gasteiger partial charge on any atom is 0.0795 e. The van der Waals surface area contributed by atoms with Crippen molar-refractivity contribution in [2.75, 3.05) is 31.2 Å². The van der Waals surface area contributed by atoms with Gasteiger partial charge in [0, 0.05) is 43.6 Å². The first-order chi connectivity index (χ1) is 9.76. The van der Waals surface area contributed by atoms with E-state index < -0.39 is 0 Å². The molecule has 3 heterocycles. The van der Waals surface area contributed by atoms with Crippen molar-refractivity contribution in [3.05, 3.63) is 0 Å². The summed E-state index contributed by atoms with van der Waals surface area (Å²) in [5.41, 5.74) is 0.221. The van der Waals surface area contributed by atoms with Crippen molar-refractivity contribution in [1.82, 2.24) is 10.2 Å². The highest BCUT2D eigenvalue weighted by Crippen LogP contribution is 2.40. The Morgan fingerprint density at radius 1 is 1.35 bits per heavy atom. The fourth-order valence-corrected chi connectivity index (χ4v) is 5.51. The lowest BCUT2D eigenvalue weighted by Crippen LogP contribution is -2.61. The molecule has 0 aromatic carbocycles. The van der Waals surface area contributed by atoms with Crippen LogP contribution in [0.15, 0.2) is 0 Å². The molecule has 1 N–H and O–H groups in total. The van der Waals surface area contributed by atoms with Gasteiger partial charge in [-0.2, -0.15) is 11.8 Å². The van der Waals surface area contributed by atoms with E-state index in [1.165, 1.54) is 56.7 Å². The quantitative estimate of drug-likeness (QED) is 0.865. The van der Waals surface area contributed by atoms with E-state index in [0.717, 1.165) is 18.7 Å². The fraction of sp³-hybridized carbons (Fsp3) is 1.00. The summed E-state index contributed by atoms with van der Waals surface area (Å²) in [5, 5.41) is 3.72. The molecule has 0 saturated carbocycles. The third kappa shape index (κ3) is 3.03. The molecule has 4 unspecified atom stereocenters. The SMILES string of the molecule is CCC1CN(C2CCOC3(CCSC3)C2)C(CC)CN1. The Kier molecular flexibility index (Phi) is 4.96. The number of nitrogens with one attached hydrogen (secondary N) is 1. The van der Waals surface area contributed by atoms with Crippen molar-refractivity contribution in [2.45, 2.75) is 69.7 Å². The van der Waals surface area contributed by atoms with Crippen molar-refractivity contribution in [3.8, 4) is 0 Å². The van der Waals surface area contributed by atoms with Crippen LogP contribution in [-0.2, 0) is 4.74 Å². The van der Waals surface area contributed by atoms with Crippen LogP contribution in [0.2, 0.25) is 0 Å². The molecule has 0 aromatic rings. The Balaban J connectivity index is 1.68. The first-order valence-corrected chi connectivity index (χ1v) is 9.62. The lowest BCUT2D eigenvalue weighted by molar-refractivity contribution is -0.0998. The molecule has 3 nitrogen and oxygen atoms in total. The molecular weight excluding hydrogens is 268 g/mol. The Bertz CT molecular complexity index is 320. The van der Waals surface area contributed by atoms with Gasteiger partial charge in [-0.3, -0.25) is 4.90 Å². The van der Waals surface area contributed by atoms with Gasteiger partial charge in [0.05, 0.1) is 5.60 Å². The lowest BCUT2D eigenvalue weighted by atomic mass is 9.87. The topological polar surface area (TPSA) is 24.5 Å². The summed E-state index contributed by atoms with van der Waals surface area (Å²) in [7, 11) is 0. The highest BCUT2D eigenvalue weighted by molar-refractivity contribution is 7.99. The smallest absolute Gasteiger partial charge is 0.0795 e. The van der Waals surface area contributed by atoms with Gasteiger partial charge in [0.15, 0.2) is 0 Å². The minimum atomic E-state index is 0.221. The van der Waals surface area contributed by atoms with Gasteiger partial charge in [-0.1, -0.05) is 13.8 Å². The predicted molar refractivity (Wildman–Crippen MR) is 86.5 cm³/mol. The van der Waals surface area contributed by atoms with Crippen LogP contribution in [0.5, 0.6) is 0 Å². The summed E-state index contributed by atoms with van der Waals surface area (Å²) in [6, 6.07) is 2.17. The van der Waals surface area contributed by atoms with Crippen molar-refractivity contribution < 1.29 is 4.74 Å². The molecule has 3 rings (SSSR count). The third-order valence-corrected chi connectivity index (χ3v) is 6.73. The molecule has 0 aromatic heterocycles. The zero-order chi connectivity index (χ0) is 14.0. The molecule has 1 spiro atoms. The van der Waals surface area contributed by atoms with Gasteiger partial charge < -0.3 is 10.1 Å². The largest absolute Gasteiger partial charge is 0.374 e. The molecule has 0 amide bonds. The highest BCUT2D eigenvalue weighted by Gasteiger charge is 2.43. The second-order valence-corrected chi connectivity index (χ2v) is 7.86. The second kappa shape index (κ2) is 6.55. The summed E-state index contributed by atoms with van der Waals surface area (Å²) in [6.07, 6.45) is 6.29. The van der Waals surface area contributed by atoms with Gasteiger partial charge in [-0.05, 0) is 37.9 Å². The summed E-state index contributed by atoms with van der Waals surface area (Å²) in [6.45, 7) is 8.03. The van der Waals surface area contributed by atoms with E-state index >= 15 is 0 Å². The monoisotopic (exact) mass is 298 g/mol. The van der Waals surface area contributed by atoms with E-state index in [0.29, 0.717) is 6.04 Å². The summed E-state index contributed by atoms with van der Waals surface area (Å²) >= 11 is 2.08. The maximum absolute atomic E-state index is 6.21. The molecular formula is C16H30N2OS. The van der Waals surface area contributed by atoms with E-state index in [9.17, 15) is 0 Å². The van der Waals surface area contributed by atoms with E-state index in [2.05, 4.69) is 35.8 Å². The van der Waals surface area contributed by atoms with E-state index in [4.69, 9.17) is 4.74 Å². The van der Waals surface area contributed by atoms with Crippen LogP contribution in [-0.4, -0.2) is 59.8 Å². The van der Waals surface area contributed by atoms with Gasteiger partial charge in [-0.15, -0.1) is 0 Å². The number of rotatable bonds is 3. The molecule has 3 aliphatic heterocycles. The fourth-order valence-electron chi connectivity index (χ4n) is 4.14. The van der Waals surface area contributed by atoms with Crippen LogP contribution < -0.4 is 5.32 Å². The zero-order valence-corrected chi connectivity index (χ0v) is 13.9. The zero-order valence-electron chi connectivity index (χ0n) is 13.1. The van der Waals surface area contributed by atoms with Crippen LogP contribution in [0, 0.1) is 0 Å². The van der Waals surface area contributed by atoms with Gasteiger partial charge in [-0.25, -0.2) is 0 Å².